The highest BCUT2D eigenvalue weighted by Gasteiger charge is 2.51. The molecule has 13 heteroatoms. The topological polar surface area (TPSA) is 80.0 Å². The molecule has 33 heavy (non-hydrogen) atoms. The van der Waals surface area contributed by atoms with E-state index in [1.807, 2.05) is 4.90 Å². The van der Waals surface area contributed by atoms with Crippen LogP contribution in [-0.4, -0.2) is 56.7 Å². The summed E-state index contributed by atoms with van der Waals surface area (Å²) in [6, 6.07) is 2.28. The van der Waals surface area contributed by atoms with Gasteiger partial charge in [0, 0.05) is 19.6 Å². The highest BCUT2D eigenvalue weighted by atomic mass is 19.4. The minimum Gasteiger partial charge on any atom is -0.369 e. The largest absolute Gasteiger partial charge is 0.433 e. The van der Waals surface area contributed by atoms with Gasteiger partial charge in [0.2, 0.25) is 5.91 Å². The molecule has 1 atom stereocenters. The highest BCUT2D eigenvalue weighted by Crippen LogP contribution is 2.43. The van der Waals surface area contributed by atoms with Crippen LogP contribution in [0.4, 0.5) is 33.5 Å². The SMILES string of the molecule is O=C1N(c2cnc3cnn(CC(F)F)c3n2)CCC12CCN(c1ccc(C(F)(F)F)nc1)C2. The molecule has 3 aromatic heterocycles. The van der Waals surface area contributed by atoms with Gasteiger partial charge in [-0.05, 0) is 25.0 Å². The Morgan fingerprint density at radius 2 is 1.85 bits per heavy atom. The van der Waals surface area contributed by atoms with E-state index in [1.165, 1.54) is 29.6 Å². The van der Waals surface area contributed by atoms with E-state index in [1.54, 1.807) is 0 Å². The van der Waals surface area contributed by atoms with Crippen molar-refractivity contribution in [1.82, 2.24) is 24.7 Å². The molecule has 1 unspecified atom stereocenters. The van der Waals surface area contributed by atoms with Crippen LogP contribution in [0.3, 0.4) is 0 Å². The van der Waals surface area contributed by atoms with Crippen LogP contribution in [-0.2, 0) is 17.5 Å². The lowest BCUT2D eigenvalue weighted by molar-refractivity contribution is -0.141. The Morgan fingerprint density at radius 3 is 2.55 bits per heavy atom. The molecule has 1 spiro atoms. The van der Waals surface area contributed by atoms with E-state index in [2.05, 4.69) is 20.1 Å². The number of amides is 1. The fourth-order valence-electron chi connectivity index (χ4n) is 4.49. The van der Waals surface area contributed by atoms with E-state index in [0.29, 0.717) is 43.7 Å². The van der Waals surface area contributed by atoms with Crippen molar-refractivity contribution in [2.75, 3.05) is 29.4 Å². The van der Waals surface area contributed by atoms with Crippen molar-refractivity contribution >= 4 is 28.6 Å². The molecule has 0 saturated carbocycles. The minimum atomic E-state index is -4.51. The van der Waals surface area contributed by atoms with Crippen LogP contribution in [0.1, 0.15) is 18.5 Å². The number of nitrogens with zero attached hydrogens (tertiary/aromatic N) is 7. The van der Waals surface area contributed by atoms with Crippen LogP contribution in [0.25, 0.3) is 11.2 Å². The van der Waals surface area contributed by atoms with Gasteiger partial charge in [0.05, 0.1) is 29.7 Å². The Bertz CT molecular complexity index is 1200. The molecule has 0 N–H and O–H groups in total. The number of rotatable bonds is 4. The van der Waals surface area contributed by atoms with Crippen molar-refractivity contribution < 1.29 is 26.7 Å². The van der Waals surface area contributed by atoms with Gasteiger partial charge < -0.3 is 4.90 Å². The summed E-state index contributed by atoms with van der Waals surface area (Å²) in [7, 11) is 0. The fourth-order valence-corrected chi connectivity index (χ4v) is 4.49. The van der Waals surface area contributed by atoms with Crippen LogP contribution in [0.2, 0.25) is 0 Å². The van der Waals surface area contributed by atoms with Gasteiger partial charge >= 0.3 is 6.18 Å². The maximum Gasteiger partial charge on any atom is 0.433 e. The summed E-state index contributed by atoms with van der Waals surface area (Å²) in [5.74, 6) is 0.0912. The predicted molar refractivity (Wildman–Crippen MR) is 107 cm³/mol. The molecule has 2 fully saturated rings. The van der Waals surface area contributed by atoms with E-state index < -0.39 is 30.3 Å². The summed E-state index contributed by atoms with van der Waals surface area (Å²) >= 11 is 0. The molecule has 1 amide bonds. The van der Waals surface area contributed by atoms with E-state index in [9.17, 15) is 26.7 Å². The standard InChI is InChI=1S/C20H18F5N7O/c21-15(22)10-32-17-13(8-28-32)26-9-16(29-17)31-6-4-19(18(31)33)3-5-30(11-19)12-1-2-14(27-7-12)20(23,24)25/h1-2,7-9,15H,3-6,10-11H2. The van der Waals surface area contributed by atoms with Crippen LogP contribution in [0, 0.1) is 5.41 Å². The summed E-state index contributed by atoms with van der Waals surface area (Å²) < 4.78 is 65.0. The lowest BCUT2D eigenvalue weighted by Gasteiger charge is -2.24. The number of carbonyl (C=O) groups excluding carboxylic acids is 1. The Morgan fingerprint density at radius 1 is 1.06 bits per heavy atom. The molecule has 2 aliphatic heterocycles. The average molecular weight is 467 g/mol. The zero-order valence-electron chi connectivity index (χ0n) is 17.1. The molecule has 3 aromatic rings. The summed E-state index contributed by atoms with van der Waals surface area (Å²) in [5.41, 5.74) is -0.637. The molecule has 2 saturated heterocycles. The Kier molecular flexibility index (Phi) is 4.94. The van der Waals surface area contributed by atoms with Gasteiger partial charge in [0.1, 0.15) is 17.8 Å². The second kappa shape index (κ2) is 7.59. The molecule has 0 radical (unpaired) electrons. The van der Waals surface area contributed by atoms with Crippen LogP contribution >= 0.6 is 0 Å². The second-order valence-electron chi connectivity index (χ2n) is 8.21. The monoisotopic (exact) mass is 467 g/mol. The molecule has 0 aliphatic carbocycles. The lowest BCUT2D eigenvalue weighted by atomic mass is 9.85. The summed E-state index contributed by atoms with van der Waals surface area (Å²) in [6.45, 7) is 0.587. The van der Waals surface area contributed by atoms with Gasteiger partial charge in [-0.2, -0.15) is 18.3 Å². The molecule has 5 rings (SSSR count). The van der Waals surface area contributed by atoms with Crippen molar-refractivity contribution in [3.63, 3.8) is 0 Å². The fraction of sp³-hybridized carbons (Fsp3) is 0.450. The highest BCUT2D eigenvalue weighted by molar-refractivity contribution is 6.00. The third kappa shape index (κ3) is 3.74. The number of halogens is 5. The average Bonchev–Trinajstić information content (AvgIpc) is 3.46. The number of fused-ring (bicyclic) bond motifs is 1. The Hall–Kier alpha value is -3.38. The first-order valence-electron chi connectivity index (χ1n) is 10.2. The maximum atomic E-state index is 13.4. The van der Waals surface area contributed by atoms with E-state index in [4.69, 9.17) is 0 Å². The summed E-state index contributed by atoms with van der Waals surface area (Å²) in [5, 5.41) is 3.88. The van der Waals surface area contributed by atoms with E-state index >= 15 is 0 Å². The van der Waals surface area contributed by atoms with Gasteiger partial charge in [0.15, 0.2) is 11.5 Å². The summed E-state index contributed by atoms with van der Waals surface area (Å²) in [6.07, 6.45) is -2.13. The van der Waals surface area contributed by atoms with Crippen molar-refractivity contribution in [1.29, 1.82) is 0 Å². The van der Waals surface area contributed by atoms with Gasteiger partial charge in [0.25, 0.3) is 6.43 Å². The molecular weight excluding hydrogens is 449 g/mol. The second-order valence-corrected chi connectivity index (χ2v) is 8.21. The lowest BCUT2D eigenvalue weighted by Crippen LogP contribution is -2.37. The van der Waals surface area contributed by atoms with Crippen LogP contribution in [0.15, 0.2) is 30.7 Å². The first kappa shape index (κ1) is 21.5. The third-order valence-electron chi connectivity index (χ3n) is 6.19. The van der Waals surface area contributed by atoms with Crippen LogP contribution in [0.5, 0.6) is 0 Å². The first-order chi connectivity index (χ1) is 15.7. The van der Waals surface area contributed by atoms with Crippen molar-refractivity contribution in [3.8, 4) is 0 Å². The van der Waals surface area contributed by atoms with E-state index in [-0.39, 0.29) is 17.4 Å². The quantitative estimate of drug-likeness (QED) is 0.549. The molecule has 0 bridgehead atoms. The van der Waals surface area contributed by atoms with E-state index in [0.717, 1.165) is 10.7 Å². The number of carbonyl (C=O) groups is 1. The maximum absolute atomic E-state index is 13.4. The number of pyridine rings is 1. The van der Waals surface area contributed by atoms with Gasteiger partial charge in [-0.15, -0.1) is 0 Å². The van der Waals surface area contributed by atoms with Gasteiger partial charge in [-0.25, -0.2) is 28.4 Å². The minimum absolute atomic E-state index is 0.168. The van der Waals surface area contributed by atoms with Gasteiger partial charge in [-0.1, -0.05) is 0 Å². The molecule has 0 aromatic carbocycles. The molecular formula is C20H18F5N7O. The van der Waals surface area contributed by atoms with Crippen LogP contribution < -0.4 is 9.80 Å². The Labute approximate surface area is 184 Å². The van der Waals surface area contributed by atoms with Crippen molar-refractivity contribution in [2.24, 2.45) is 5.41 Å². The number of anilines is 2. The summed E-state index contributed by atoms with van der Waals surface area (Å²) in [4.78, 5) is 28.8. The molecule has 5 heterocycles. The number of aromatic nitrogens is 5. The third-order valence-corrected chi connectivity index (χ3v) is 6.19. The zero-order chi connectivity index (χ0) is 23.4. The number of hydrogen-bond acceptors (Lipinski definition) is 6. The Balaban J connectivity index is 1.35. The number of alkyl halides is 5. The molecule has 2 aliphatic rings. The molecule has 174 valence electrons. The molecule has 8 nitrogen and oxygen atoms in total. The van der Waals surface area contributed by atoms with Crippen molar-refractivity contribution in [3.05, 3.63) is 36.4 Å². The normalized spacial score (nSPS) is 21.3. The van der Waals surface area contributed by atoms with Crippen molar-refractivity contribution in [2.45, 2.75) is 32.0 Å². The predicted octanol–water partition coefficient (Wildman–Crippen LogP) is 3.14. The van der Waals surface area contributed by atoms with Gasteiger partial charge in [-0.3, -0.25) is 9.69 Å². The first-order valence-corrected chi connectivity index (χ1v) is 10.2. The zero-order valence-corrected chi connectivity index (χ0v) is 17.1. The smallest absolute Gasteiger partial charge is 0.369 e. The number of hydrogen-bond donors (Lipinski definition) is 0.